The van der Waals surface area contributed by atoms with Crippen molar-refractivity contribution in [3.05, 3.63) is 47.5 Å². The largest absolute Gasteiger partial charge is 0.507 e. The van der Waals surface area contributed by atoms with Crippen LogP contribution < -0.4 is 0 Å². The first-order chi connectivity index (χ1) is 9.02. The standard InChI is InChI=1S/C14H10O5/c15-7-10-5-8(1-3-12(10)16)9-2-4-13(17)11(6-9)14(18)19/h1-7,16-17H,(H,18,19). The number of carbonyl (C=O) groups excluding carboxylic acids is 1. The SMILES string of the molecule is O=Cc1cc(-c2ccc(O)c(C(=O)O)c2)ccc1O. The number of aldehydes is 1. The molecule has 0 heterocycles. The van der Waals surface area contributed by atoms with Crippen LogP contribution in [0.5, 0.6) is 11.5 Å². The number of benzene rings is 2. The third-order valence-corrected chi connectivity index (χ3v) is 2.71. The van der Waals surface area contributed by atoms with E-state index >= 15 is 0 Å². The summed E-state index contributed by atoms with van der Waals surface area (Å²) < 4.78 is 0. The van der Waals surface area contributed by atoms with Crippen molar-refractivity contribution in [2.75, 3.05) is 0 Å². The molecule has 2 aromatic rings. The van der Waals surface area contributed by atoms with E-state index in [2.05, 4.69) is 0 Å². The number of carboxylic acid groups (broad SMARTS) is 1. The number of phenols is 2. The third kappa shape index (κ3) is 2.40. The van der Waals surface area contributed by atoms with Crippen LogP contribution >= 0.6 is 0 Å². The molecule has 3 N–H and O–H groups in total. The molecule has 0 aliphatic carbocycles. The van der Waals surface area contributed by atoms with Crippen molar-refractivity contribution in [1.82, 2.24) is 0 Å². The number of rotatable bonds is 3. The van der Waals surface area contributed by atoms with Gasteiger partial charge in [0.1, 0.15) is 17.1 Å². The fourth-order valence-corrected chi connectivity index (χ4v) is 1.72. The van der Waals surface area contributed by atoms with Crippen LogP contribution in [-0.2, 0) is 0 Å². The summed E-state index contributed by atoms with van der Waals surface area (Å²) in [5.74, 6) is -1.71. The number of aromatic hydroxyl groups is 2. The Labute approximate surface area is 108 Å². The summed E-state index contributed by atoms with van der Waals surface area (Å²) in [5.41, 5.74) is 0.987. The van der Waals surface area contributed by atoms with E-state index in [1.165, 1.54) is 30.3 Å². The molecule has 0 aliphatic heterocycles. The Morgan fingerprint density at radius 1 is 0.947 bits per heavy atom. The summed E-state index contributed by atoms with van der Waals surface area (Å²) in [4.78, 5) is 21.7. The number of aromatic carboxylic acids is 1. The monoisotopic (exact) mass is 258 g/mol. The predicted octanol–water partition coefficient (Wildman–Crippen LogP) is 2.28. The Kier molecular flexibility index (Phi) is 3.20. The second kappa shape index (κ2) is 4.81. The second-order valence-electron chi connectivity index (χ2n) is 3.93. The molecular formula is C14H10O5. The zero-order valence-corrected chi connectivity index (χ0v) is 9.70. The topological polar surface area (TPSA) is 94.8 Å². The average Bonchev–Trinajstić information content (AvgIpc) is 2.39. The summed E-state index contributed by atoms with van der Waals surface area (Å²) in [7, 11) is 0. The highest BCUT2D eigenvalue weighted by molar-refractivity contribution is 5.93. The molecule has 0 saturated carbocycles. The van der Waals surface area contributed by atoms with Gasteiger partial charge in [-0.15, -0.1) is 0 Å². The highest BCUT2D eigenvalue weighted by Crippen LogP contribution is 2.28. The van der Waals surface area contributed by atoms with Crippen molar-refractivity contribution in [3.63, 3.8) is 0 Å². The van der Waals surface area contributed by atoms with Crippen LogP contribution in [0.25, 0.3) is 11.1 Å². The lowest BCUT2D eigenvalue weighted by molar-refractivity contribution is 0.0693. The zero-order valence-electron chi connectivity index (χ0n) is 9.70. The lowest BCUT2D eigenvalue weighted by atomic mass is 10.0. The first-order valence-electron chi connectivity index (χ1n) is 5.38. The number of hydrogen-bond donors (Lipinski definition) is 3. The van der Waals surface area contributed by atoms with Crippen LogP contribution in [-0.4, -0.2) is 27.6 Å². The van der Waals surface area contributed by atoms with E-state index in [0.29, 0.717) is 17.4 Å². The Morgan fingerprint density at radius 3 is 2.11 bits per heavy atom. The summed E-state index contributed by atoms with van der Waals surface area (Å²) in [6, 6.07) is 8.46. The molecule has 2 rings (SSSR count). The van der Waals surface area contributed by atoms with Gasteiger partial charge < -0.3 is 15.3 Å². The molecule has 0 aliphatic rings. The van der Waals surface area contributed by atoms with Gasteiger partial charge >= 0.3 is 5.97 Å². The van der Waals surface area contributed by atoms with E-state index in [4.69, 9.17) is 5.11 Å². The minimum atomic E-state index is -1.24. The van der Waals surface area contributed by atoms with Gasteiger partial charge in [0, 0.05) is 0 Å². The molecule has 0 atom stereocenters. The molecule has 0 aromatic heterocycles. The van der Waals surface area contributed by atoms with Gasteiger partial charge in [-0.2, -0.15) is 0 Å². The fraction of sp³-hybridized carbons (Fsp3) is 0. The maximum atomic E-state index is 10.9. The fourth-order valence-electron chi connectivity index (χ4n) is 1.72. The minimum absolute atomic E-state index is 0.113. The van der Waals surface area contributed by atoms with Crippen molar-refractivity contribution in [1.29, 1.82) is 0 Å². The lowest BCUT2D eigenvalue weighted by Crippen LogP contribution is -1.97. The Hall–Kier alpha value is -2.82. The van der Waals surface area contributed by atoms with Crippen LogP contribution in [0.4, 0.5) is 0 Å². The molecule has 2 aromatic carbocycles. The molecule has 19 heavy (non-hydrogen) atoms. The van der Waals surface area contributed by atoms with E-state index in [1.54, 1.807) is 6.07 Å². The molecule has 0 fully saturated rings. The van der Waals surface area contributed by atoms with E-state index < -0.39 is 5.97 Å². The molecule has 5 heteroatoms. The van der Waals surface area contributed by atoms with Crippen molar-refractivity contribution in [2.24, 2.45) is 0 Å². The summed E-state index contributed by atoms with van der Waals surface area (Å²) >= 11 is 0. The first-order valence-corrected chi connectivity index (χ1v) is 5.38. The highest BCUT2D eigenvalue weighted by atomic mass is 16.4. The lowest BCUT2D eigenvalue weighted by Gasteiger charge is -2.06. The Balaban J connectivity index is 2.56. The molecule has 0 bridgehead atoms. The van der Waals surface area contributed by atoms with E-state index in [1.807, 2.05) is 0 Å². The number of carbonyl (C=O) groups is 2. The molecule has 0 radical (unpaired) electrons. The van der Waals surface area contributed by atoms with E-state index in [-0.39, 0.29) is 22.6 Å². The molecular weight excluding hydrogens is 248 g/mol. The summed E-state index contributed by atoms with van der Waals surface area (Å²) in [5, 5.41) is 27.7. The number of phenolic OH excluding ortho intramolecular Hbond substituents is 1. The van der Waals surface area contributed by atoms with Crippen LogP contribution in [0, 0.1) is 0 Å². The van der Waals surface area contributed by atoms with Gasteiger partial charge in [-0.05, 0) is 35.4 Å². The van der Waals surface area contributed by atoms with Crippen molar-refractivity contribution in [2.45, 2.75) is 0 Å². The maximum absolute atomic E-state index is 10.9. The molecule has 0 amide bonds. The molecule has 5 nitrogen and oxygen atoms in total. The summed E-state index contributed by atoms with van der Waals surface area (Å²) in [6.45, 7) is 0. The summed E-state index contributed by atoms with van der Waals surface area (Å²) in [6.07, 6.45) is 0.511. The van der Waals surface area contributed by atoms with Crippen molar-refractivity contribution in [3.8, 4) is 22.6 Å². The van der Waals surface area contributed by atoms with Crippen LogP contribution in [0.1, 0.15) is 20.7 Å². The van der Waals surface area contributed by atoms with Gasteiger partial charge in [0.15, 0.2) is 6.29 Å². The zero-order chi connectivity index (χ0) is 14.0. The Morgan fingerprint density at radius 2 is 1.53 bits per heavy atom. The number of carboxylic acids is 1. The molecule has 96 valence electrons. The first kappa shape index (κ1) is 12.6. The van der Waals surface area contributed by atoms with Crippen LogP contribution in [0.3, 0.4) is 0 Å². The van der Waals surface area contributed by atoms with E-state index in [9.17, 15) is 19.8 Å². The normalized spacial score (nSPS) is 10.1. The van der Waals surface area contributed by atoms with Gasteiger partial charge in [0.2, 0.25) is 0 Å². The predicted molar refractivity (Wildman–Crippen MR) is 67.6 cm³/mol. The smallest absolute Gasteiger partial charge is 0.339 e. The van der Waals surface area contributed by atoms with Gasteiger partial charge in [0.05, 0.1) is 5.56 Å². The quantitative estimate of drug-likeness (QED) is 0.734. The van der Waals surface area contributed by atoms with Gasteiger partial charge in [-0.25, -0.2) is 4.79 Å². The van der Waals surface area contributed by atoms with Crippen LogP contribution in [0.15, 0.2) is 36.4 Å². The van der Waals surface area contributed by atoms with Crippen molar-refractivity contribution < 1.29 is 24.9 Å². The van der Waals surface area contributed by atoms with Gasteiger partial charge in [-0.3, -0.25) is 4.79 Å². The van der Waals surface area contributed by atoms with Crippen molar-refractivity contribution >= 4 is 12.3 Å². The van der Waals surface area contributed by atoms with Gasteiger partial charge in [0.25, 0.3) is 0 Å². The maximum Gasteiger partial charge on any atom is 0.339 e. The molecule has 0 unspecified atom stereocenters. The molecule has 0 saturated heterocycles. The third-order valence-electron chi connectivity index (χ3n) is 2.71. The second-order valence-corrected chi connectivity index (χ2v) is 3.93. The van der Waals surface area contributed by atoms with Crippen LogP contribution in [0.2, 0.25) is 0 Å². The average molecular weight is 258 g/mol. The Bertz CT molecular complexity index is 661. The van der Waals surface area contributed by atoms with Gasteiger partial charge in [-0.1, -0.05) is 12.1 Å². The number of hydrogen-bond acceptors (Lipinski definition) is 4. The molecule has 0 spiro atoms. The highest BCUT2D eigenvalue weighted by Gasteiger charge is 2.11. The minimum Gasteiger partial charge on any atom is -0.507 e. The van der Waals surface area contributed by atoms with E-state index in [0.717, 1.165) is 0 Å².